The number of hydrogen-bond donors (Lipinski definition) is 2. The lowest BCUT2D eigenvalue weighted by molar-refractivity contribution is 0.281. The Morgan fingerprint density at radius 2 is 1.33 bits per heavy atom. The first-order valence-electron chi connectivity index (χ1n) is 4.40. The van der Waals surface area contributed by atoms with Crippen LogP contribution in [0.5, 0.6) is 0 Å². The van der Waals surface area contributed by atoms with E-state index in [1.165, 1.54) is 0 Å². The number of nitrogens with zero attached hydrogens (tertiary/aromatic N) is 1. The van der Waals surface area contributed by atoms with Crippen molar-refractivity contribution in [2.24, 2.45) is 0 Å². The number of rotatable bonds is 5. The largest absolute Gasteiger partial charge is 0.395 e. The molecule has 5 heteroatoms. The molecule has 1 aromatic rings. The summed E-state index contributed by atoms with van der Waals surface area (Å²) in [5, 5.41) is 17.6. The predicted molar refractivity (Wildman–Crippen MR) is 67.3 cm³/mol. The summed E-state index contributed by atoms with van der Waals surface area (Å²) >= 11 is 0. The maximum atomic E-state index is 8.80. The Morgan fingerprint density at radius 1 is 0.867 bits per heavy atom. The Labute approximate surface area is 103 Å². The normalized spacial score (nSPS) is 8.67. The summed E-state index contributed by atoms with van der Waals surface area (Å²) in [6.07, 6.45) is 0. The van der Waals surface area contributed by atoms with Gasteiger partial charge in [0.25, 0.3) is 0 Å². The van der Waals surface area contributed by atoms with Gasteiger partial charge in [-0.1, -0.05) is 18.2 Å². The highest BCUT2D eigenvalue weighted by Gasteiger charge is 2.02. The Balaban J connectivity index is 0. The van der Waals surface area contributed by atoms with Crippen LogP contribution < -0.4 is 4.90 Å². The summed E-state index contributed by atoms with van der Waals surface area (Å²) in [6.45, 7) is 1.33. The zero-order chi connectivity index (χ0) is 9.52. The van der Waals surface area contributed by atoms with E-state index in [0.29, 0.717) is 13.1 Å². The molecule has 0 bridgehead atoms. The zero-order valence-corrected chi connectivity index (χ0v) is 10.0. The highest BCUT2D eigenvalue weighted by atomic mass is 35.5. The molecule has 3 nitrogen and oxygen atoms in total. The fourth-order valence-corrected chi connectivity index (χ4v) is 1.25. The third kappa shape index (κ3) is 5.85. The second-order valence-electron chi connectivity index (χ2n) is 2.77. The van der Waals surface area contributed by atoms with E-state index in [1.54, 1.807) is 0 Å². The zero-order valence-electron chi connectivity index (χ0n) is 8.37. The molecule has 0 radical (unpaired) electrons. The molecule has 0 saturated carbocycles. The van der Waals surface area contributed by atoms with E-state index in [1.807, 2.05) is 35.2 Å². The molecule has 0 atom stereocenters. The molecule has 0 spiro atoms. The molecule has 0 aromatic heterocycles. The van der Waals surface area contributed by atoms with Gasteiger partial charge in [-0.15, -0.1) is 24.8 Å². The van der Waals surface area contributed by atoms with Crippen LogP contribution in [0.15, 0.2) is 30.3 Å². The molecular formula is C10H17Cl2NO2. The standard InChI is InChI=1S/C10H15NO2.2ClH/c12-8-6-11(7-9-13)10-4-2-1-3-5-10;;/h1-5,12-13H,6-9H2;2*1H. The smallest absolute Gasteiger partial charge is 0.0606 e. The van der Waals surface area contributed by atoms with Gasteiger partial charge in [0, 0.05) is 18.8 Å². The summed E-state index contributed by atoms with van der Waals surface area (Å²) < 4.78 is 0. The lowest BCUT2D eigenvalue weighted by Gasteiger charge is -2.22. The molecule has 0 aliphatic heterocycles. The summed E-state index contributed by atoms with van der Waals surface area (Å²) in [7, 11) is 0. The van der Waals surface area contributed by atoms with Crippen molar-refractivity contribution in [3.8, 4) is 0 Å². The topological polar surface area (TPSA) is 43.7 Å². The minimum atomic E-state index is 0. The van der Waals surface area contributed by atoms with Gasteiger partial charge in [0.15, 0.2) is 0 Å². The van der Waals surface area contributed by atoms with Crippen LogP contribution in [0.3, 0.4) is 0 Å². The van der Waals surface area contributed by atoms with Crippen molar-refractivity contribution >= 4 is 30.5 Å². The van der Waals surface area contributed by atoms with Crippen LogP contribution in [0, 0.1) is 0 Å². The number of hydrogen-bond acceptors (Lipinski definition) is 3. The second-order valence-corrected chi connectivity index (χ2v) is 2.77. The lowest BCUT2D eigenvalue weighted by atomic mass is 10.3. The monoisotopic (exact) mass is 253 g/mol. The molecule has 15 heavy (non-hydrogen) atoms. The fourth-order valence-electron chi connectivity index (χ4n) is 1.25. The third-order valence-electron chi connectivity index (χ3n) is 1.86. The first kappa shape index (κ1) is 16.9. The van der Waals surface area contributed by atoms with Crippen molar-refractivity contribution in [2.75, 3.05) is 31.2 Å². The van der Waals surface area contributed by atoms with Crippen LogP contribution in [-0.2, 0) is 0 Å². The van der Waals surface area contributed by atoms with Crippen LogP contribution >= 0.6 is 24.8 Å². The van der Waals surface area contributed by atoms with Gasteiger partial charge in [0.1, 0.15) is 0 Å². The van der Waals surface area contributed by atoms with E-state index in [9.17, 15) is 0 Å². The first-order chi connectivity index (χ1) is 6.38. The van der Waals surface area contributed by atoms with Gasteiger partial charge in [-0.2, -0.15) is 0 Å². The van der Waals surface area contributed by atoms with Crippen LogP contribution in [-0.4, -0.2) is 36.5 Å². The second kappa shape index (κ2) is 10.1. The van der Waals surface area contributed by atoms with Gasteiger partial charge >= 0.3 is 0 Å². The van der Waals surface area contributed by atoms with Crippen LogP contribution in [0.1, 0.15) is 0 Å². The average Bonchev–Trinajstić information content (AvgIpc) is 2.19. The molecule has 88 valence electrons. The van der Waals surface area contributed by atoms with Crippen LogP contribution in [0.25, 0.3) is 0 Å². The third-order valence-corrected chi connectivity index (χ3v) is 1.86. The summed E-state index contributed by atoms with van der Waals surface area (Å²) in [6, 6.07) is 9.75. The van der Waals surface area contributed by atoms with E-state index in [0.717, 1.165) is 5.69 Å². The van der Waals surface area contributed by atoms with Gasteiger partial charge in [0.2, 0.25) is 0 Å². The first-order valence-corrected chi connectivity index (χ1v) is 4.40. The van der Waals surface area contributed by atoms with Gasteiger partial charge in [0.05, 0.1) is 13.2 Å². The predicted octanol–water partition coefficient (Wildman–Crippen LogP) is 1.32. The van der Waals surface area contributed by atoms with Gasteiger partial charge in [-0.25, -0.2) is 0 Å². The SMILES string of the molecule is Cl.Cl.OCCN(CCO)c1ccccc1. The molecule has 1 rings (SSSR count). The van der Waals surface area contributed by atoms with E-state index < -0.39 is 0 Å². The van der Waals surface area contributed by atoms with E-state index in [4.69, 9.17) is 10.2 Å². The maximum absolute atomic E-state index is 8.80. The minimum Gasteiger partial charge on any atom is -0.395 e. The molecule has 0 aliphatic carbocycles. The molecular weight excluding hydrogens is 237 g/mol. The molecule has 0 amide bonds. The molecule has 2 N–H and O–H groups in total. The highest BCUT2D eigenvalue weighted by Crippen LogP contribution is 2.11. The van der Waals surface area contributed by atoms with Crippen LogP contribution in [0.4, 0.5) is 5.69 Å². The summed E-state index contributed by atoms with van der Waals surface area (Å²) in [4.78, 5) is 1.94. The lowest BCUT2D eigenvalue weighted by Crippen LogP contribution is -2.29. The number of anilines is 1. The van der Waals surface area contributed by atoms with Crippen molar-refractivity contribution in [3.05, 3.63) is 30.3 Å². The van der Waals surface area contributed by atoms with Gasteiger partial charge < -0.3 is 15.1 Å². The van der Waals surface area contributed by atoms with Crippen molar-refractivity contribution < 1.29 is 10.2 Å². The molecule has 0 saturated heterocycles. The van der Waals surface area contributed by atoms with E-state index in [2.05, 4.69) is 0 Å². The van der Waals surface area contributed by atoms with Crippen molar-refractivity contribution in [1.82, 2.24) is 0 Å². The Morgan fingerprint density at radius 3 is 1.73 bits per heavy atom. The fraction of sp³-hybridized carbons (Fsp3) is 0.400. The number of aliphatic hydroxyl groups excluding tert-OH is 2. The minimum absolute atomic E-state index is 0. The summed E-state index contributed by atoms with van der Waals surface area (Å²) in [5.41, 5.74) is 1.03. The van der Waals surface area contributed by atoms with Gasteiger partial charge in [-0.05, 0) is 12.1 Å². The number of benzene rings is 1. The van der Waals surface area contributed by atoms with Crippen molar-refractivity contribution in [3.63, 3.8) is 0 Å². The number of para-hydroxylation sites is 1. The van der Waals surface area contributed by atoms with Crippen LogP contribution in [0.2, 0.25) is 0 Å². The van der Waals surface area contributed by atoms with Crippen molar-refractivity contribution in [1.29, 1.82) is 0 Å². The molecule has 0 unspecified atom stereocenters. The average molecular weight is 254 g/mol. The molecule has 1 aromatic carbocycles. The molecule has 0 aliphatic rings. The van der Waals surface area contributed by atoms with E-state index in [-0.39, 0.29) is 38.0 Å². The van der Waals surface area contributed by atoms with Gasteiger partial charge in [-0.3, -0.25) is 0 Å². The Kier molecular flexibility index (Phi) is 11.3. The molecule has 0 heterocycles. The molecule has 0 fully saturated rings. The number of halogens is 2. The Hall–Kier alpha value is -0.480. The summed E-state index contributed by atoms with van der Waals surface area (Å²) in [5.74, 6) is 0. The quantitative estimate of drug-likeness (QED) is 0.832. The van der Waals surface area contributed by atoms with E-state index >= 15 is 0 Å². The Bertz CT molecular complexity index is 228. The number of aliphatic hydroxyl groups is 2. The highest BCUT2D eigenvalue weighted by molar-refractivity contribution is 5.85. The maximum Gasteiger partial charge on any atom is 0.0606 e. The van der Waals surface area contributed by atoms with Crippen molar-refractivity contribution in [2.45, 2.75) is 0 Å².